The number of urea groups is 1. The summed E-state index contributed by atoms with van der Waals surface area (Å²) in [6.45, 7) is 7.93. The highest BCUT2D eigenvalue weighted by Gasteiger charge is 2.53. The number of fused-ring (bicyclic) bond motifs is 5. The Morgan fingerprint density at radius 1 is 1.30 bits per heavy atom. The van der Waals surface area contributed by atoms with Gasteiger partial charge in [-0.15, -0.1) is 0 Å². The molecule has 0 aromatic heterocycles. The number of hydrogen-bond acceptors (Lipinski definition) is 3. The minimum Gasteiger partial charge on any atom is -0.379 e. The predicted octanol–water partition coefficient (Wildman–Crippen LogP) is 1.48. The summed E-state index contributed by atoms with van der Waals surface area (Å²) in [7, 11) is 0. The lowest BCUT2D eigenvalue weighted by Gasteiger charge is -2.19. The molecule has 0 aromatic rings. The average molecular weight is 282 g/mol. The Morgan fingerprint density at radius 3 is 2.55 bits per heavy atom. The summed E-state index contributed by atoms with van der Waals surface area (Å²) in [5, 5.41) is 2.96. The van der Waals surface area contributed by atoms with Crippen LogP contribution in [0.4, 0.5) is 4.79 Å². The molecule has 20 heavy (non-hydrogen) atoms. The molecule has 3 saturated heterocycles. The molecule has 2 amide bonds. The largest absolute Gasteiger partial charge is 0.379 e. The molecule has 0 radical (unpaired) electrons. The van der Waals surface area contributed by atoms with Crippen LogP contribution in [0.25, 0.3) is 0 Å². The van der Waals surface area contributed by atoms with Crippen LogP contribution in [0.5, 0.6) is 0 Å². The van der Waals surface area contributed by atoms with Crippen LogP contribution in [0.1, 0.15) is 26.7 Å². The van der Waals surface area contributed by atoms with Crippen molar-refractivity contribution < 1.29 is 14.3 Å². The Labute approximate surface area is 121 Å². The summed E-state index contributed by atoms with van der Waals surface area (Å²) in [6.07, 6.45) is 3.20. The van der Waals surface area contributed by atoms with E-state index in [0.29, 0.717) is 43.1 Å². The first-order valence-corrected chi connectivity index (χ1v) is 7.91. The Balaban J connectivity index is 1.37. The lowest BCUT2D eigenvalue weighted by atomic mass is 9.82. The van der Waals surface area contributed by atoms with Crippen molar-refractivity contribution >= 4 is 6.03 Å². The zero-order valence-electron chi connectivity index (χ0n) is 12.5. The van der Waals surface area contributed by atoms with Crippen LogP contribution in [0.3, 0.4) is 0 Å². The van der Waals surface area contributed by atoms with Gasteiger partial charge >= 0.3 is 6.03 Å². The van der Waals surface area contributed by atoms with E-state index in [9.17, 15) is 4.79 Å². The molecule has 1 N–H and O–H groups in total. The van der Waals surface area contributed by atoms with Gasteiger partial charge in [0, 0.05) is 38.1 Å². The van der Waals surface area contributed by atoms with Gasteiger partial charge in [0.05, 0.1) is 18.8 Å². The van der Waals surface area contributed by atoms with E-state index in [1.165, 1.54) is 12.8 Å². The fourth-order valence-corrected chi connectivity index (χ4v) is 3.79. The highest BCUT2D eigenvalue weighted by atomic mass is 16.5. The first-order chi connectivity index (χ1) is 9.65. The maximum atomic E-state index is 12.1. The highest BCUT2D eigenvalue weighted by molar-refractivity contribution is 5.74. The normalized spacial score (nSPS) is 34.9. The smallest absolute Gasteiger partial charge is 0.317 e. The van der Waals surface area contributed by atoms with Crippen molar-refractivity contribution in [2.45, 2.75) is 38.9 Å². The van der Waals surface area contributed by atoms with Crippen molar-refractivity contribution in [3.05, 3.63) is 0 Å². The van der Waals surface area contributed by atoms with Crippen molar-refractivity contribution in [1.29, 1.82) is 0 Å². The fourth-order valence-electron chi connectivity index (χ4n) is 3.79. The van der Waals surface area contributed by atoms with Crippen molar-refractivity contribution in [2.75, 3.05) is 32.8 Å². The van der Waals surface area contributed by atoms with Crippen LogP contribution in [-0.4, -0.2) is 56.0 Å². The third kappa shape index (κ3) is 2.79. The molecule has 3 rings (SSSR count). The lowest BCUT2D eigenvalue weighted by molar-refractivity contribution is 0.0734. The molecule has 0 saturated carbocycles. The van der Waals surface area contributed by atoms with Gasteiger partial charge in [0.15, 0.2) is 0 Å². The maximum absolute atomic E-state index is 12.1. The Morgan fingerprint density at radius 2 is 1.95 bits per heavy atom. The zero-order valence-corrected chi connectivity index (χ0v) is 12.5. The van der Waals surface area contributed by atoms with Gasteiger partial charge in [0.1, 0.15) is 0 Å². The second-order valence-electron chi connectivity index (χ2n) is 6.72. The SMILES string of the molecule is CC(C)COCCNC(=O)N1C[C@H]2[C@H](C1)[C@H]1CC[C@H]2O1. The minimum atomic E-state index is 0.0620. The number of carbonyl (C=O) groups is 1. The maximum Gasteiger partial charge on any atom is 0.317 e. The Hall–Kier alpha value is -0.810. The standard InChI is InChI=1S/C15H26N2O3/c1-10(2)9-19-6-5-16-15(18)17-7-11-12(8-17)14-4-3-13(11)20-14/h10-14H,3-9H2,1-2H3,(H,16,18)/t11-,12-,13+,14+/m0/s1. The molecule has 3 fully saturated rings. The molecule has 3 heterocycles. The topological polar surface area (TPSA) is 50.8 Å². The summed E-state index contributed by atoms with van der Waals surface area (Å²) < 4.78 is 11.4. The van der Waals surface area contributed by atoms with Crippen molar-refractivity contribution in [3.8, 4) is 0 Å². The number of hydrogen-bond donors (Lipinski definition) is 1. The first kappa shape index (κ1) is 14.1. The summed E-state index contributed by atoms with van der Waals surface area (Å²) in [5.74, 6) is 1.70. The molecule has 0 unspecified atom stereocenters. The molecule has 2 bridgehead atoms. The van der Waals surface area contributed by atoms with E-state index < -0.39 is 0 Å². The second kappa shape index (κ2) is 5.90. The fraction of sp³-hybridized carbons (Fsp3) is 0.933. The van der Waals surface area contributed by atoms with Crippen molar-refractivity contribution in [1.82, 2.24) is 10.2 Å². The summed E-state index contributed by atoms with van der Waals surface area (Å²) >= 11 is 0. The van der Waals surface area contributed by atoms with E-state index in [-0.39, 0.29) is 6.03 Å². The molecular formula is C15H26N2O3. The molecule has 0 aliphatic carbocycles. The van der Waals surface area contributed by atoms with Gasteiger partial charge in [-0.1, -0.05) is 13.8 Å². The summed E-state index contributed by atoms with van der Waals surface area (Å²) in [5.41, 5.74) is 0. The number of nitrogens with one attached hydrogen (secondary N) is 1. The van der Waals surface area contributed by atoms with E-state index in [1.54, 1.807) is 0 Å². The average Bonchev–Trinajstić information content (AvgIpc) is 3.09. The van der Waals surface area contributed by atoms with E-state index in [4.69, 9.17) is 9.47 Å². The minimum absolute atomic E-state index is 0.0620. The van der Waals surface area contributed by atoms with E-state index in [1.807, 2.05) is 4.90 Å². The van der Waals surface area contributed by atoms with Crippen LogP contribution in [0.2, 0.25) is 0 Å². The third-order valence-electron chi connectivity index (χ3n) is 4.71. The van der Waals surface area contributed by atoms with Gasteiger partial charge < -0.3 is 19.7 Å². The molecule has 3 aliphatic rings. The zero-order chi connectivity index (χ0) is 14.1. The van der Waals surface area contributed by atoms with Crippen LogP contribution in [0, 0.1) is 17.8 Å². The van der Waals surface area contributed by atoms with Gasteiger partial charge in [-0.2, -0.15) is 0 Å². The molecule has 0 aromatic carbocycles. The van der Waals surface area contributed by atoms with Crippen molar-refractivity contribution in [2.24, 2.45) is 17.8 Å². The van der Waals surface area contributed by atoms with Gasteiger partial charge in [0.25, 0.3) is 0 Å². The van der Waals surface area contributed by atoms with E-state index in [0.717, 1.165) is 19.7 Å². The van der Waals surface area contributed by atoms with Crippen LogP contribution in [-0.2, 0) is 9.47 Å². The van der Waals surface area contributed by atoms with Crippen molar-refractivity contribution in [3.63, 3.8) is 0 Å². The molecule has 3 aliphatic heterocycles. The summed E-state index contributed by atoms with van der Waals surface area (Å²) in [4.78, 5) is 14.1. The molecule has 4 atom stereocenters. The number of likely N-dealkylation sites (tertiary alicyclic amines) is 1. The molecule has 0 spiro atoms. The van der Waals surface area contributed by atoms with Crippen LogP contribution >= 0.6 is 0 Å². The Kier molecular flexibility index (Phi) is 4.17. The van der Waals surface area contributed by atoms with Crippen LogP contribution in [0.15, 0.2) is 0 Å². The monoisotopic (exact) mass is 282 g/mol. The number of nitrogens with zero attached hydrogens (tertiary/aromatic N) is 1. The molecular weight excluding hydrogens is 256 g/mol. The highest BCUT2D eigenvalue weighted by Crippen LogP contribution is 2.47. The van der Waals surface area contributed by atoms with Gasteiger partial charge in [-0.25, -0.2) is 4.79 Å². The predicted molar refractivity (Wildman–Crippen MR) is 75.5 cm³/mol. The second-order valence-corrected chi connectivity index (χ2v) is 6.72. The molecule has 5 nitrogen and oxygen atoms in total. The number of carbonyl (C=O) groups excluding carboxylic acids is 1. The van der Waals surface area contributed by atoms with Gasteiger partial charge in [-0.3, -0.25) is 0 Å². The van der Waals surface area contributed by atoms with Gasteiger partial charge in [0.2, 0.25) is 0 Å². The lowest BCUT2D eigenvalue weighted by Crippen LogP contribution is -2.41. The third-order valence-corrected chi connectivity index (χ3v) is 4.71. The quantitative estimate of drug-likeness (QED) is 0.777. The number of rotatable bonds is 5. The molecule has 5 heteroatoms. The van der Waals surface area contributed by atoms with E-state index in [2.05, 4.69) is 19.2 Å². The van der Waals surface area contributed by atoms with Gasteiger partial charge in [-0.05, 0) is 18.8 Å². The molecule has 114 valence electrons. The first-order valence-electron chi connectivity index (χ1n) is 7.91. The number of ether oxygens (including phenoxy) is 2. The Bertz CT molecular complexity index is 343. The number of amides is 2. The van der Waals surface area contributed by atoms with E-state index >= 15 is 0 Å². The summed E-state index contributed by atoms with van der Waals surface area (Å²) in [6, 6.07) is 0.0620. The van der Waals surface area contributed by atoms with Crippen LogP contribution < -0.4 is 5.32 Å².